The highest BCUT2D eigenvalue weighted by Crippen LogP contribution is 2.56. The van der Waals surface area contributed by atoms with Crippen molar-refractivity contribution in [1.82, 2.24) is 0 Å². The standard InChI is InChI=1S/C63H49N/c1-62(2)57-37-42(47-20-12-23-53-49-22-13-21-48-46-18-9-8-17-41(46)35-43(60(47)53)36-55(48)49)29-33-51(57)52-34-32-45(38-58(52)62)64(44-30-27-40(28-31-44)39-15-6-5-7-16-39)59-26-14-24-54-50-19-10-11-25-56(50)63(3,4)61(54)59/h6,8-34,36-38H,5,7,35H2,1-4H3. The molecule has 0 saturated carbocycles. The lowest BCUT2D eigenvalue weighted by molar-refractivity contribution is 0.659. The van der Waals surface area contributed by atoms with Crippen molar-refractivity contribution in [3.8, 4) is 44.5 Å². The van der Waals surface area contributed by atoms with Gasteiger partial charge in [0.05, 0.1) is 5.69 Å². The molecule has 1 nitrogen and oxygen atoms in total. The maximum Gasteiger partial charge on any atom is 0.0508 e. The van der Waals surface area contributed by atoms with E-state index in [4.69, 9.17) is 0 Å². The normalized spacial score (nSPS) is 15.6. The Bertz CT molecular complexity index is 3520. The molecule has 2 bridgehead atoms. The number of rotatable bonds is 5. The molecule has 13 rings (SSSR count). The Morgan fingerprint density at radius 1 is 0.422 bits per heavy atom. The molecule has 0 N–H and O–H groups in total. The molecule has 4 aliphatic carbocycles. The van der Waals surface area contributed by atoms with E-state index in [0.717, 1.165) is 24.9 Å². The molecule has 1 heteroatoms. The van der Waals surface area contributed by atoms with Crippen LogP contribution >= 0.6 is 0 Å². The highest BCUT2D eigenvalue weighted by atomic mass is 15.1. The van der Waals surface area contributed by atoms with Gasteiger partial charge < -0.3 is 4.90 Å². The molecule has 0 aromatic heterocycles. The number of hydrogen-bond acceptors (Lipinski definition) is 1. The Kier molecular flexibility index (Phi) is 7.96. The molecule has 0 spiro atoms. The number of nitrogens with zero attached hydrogens (tertiary/aromatic N) is 1. The van der Waals surface area contributed by atoms with E-state index in [1.165, 1.54) is 122 Å². The minimum Gasteiger partial charge on any atom is -0.310 e. The number of fused-ring (bicyclic) bond motifs is 12. The number of allylic oxidation sites excluding steroid dienone is 4. The van der Waals surface area contributed by atoms with Gasteiger partial charge in [0.15, 0.2) is 0 Å². The fourth-order valence-electron chi connectivity index (χ4n) is 12.2. The first-order valence-electron chi connectivity index (χ1n) is 23.1. The Morgan fingerprint density at radius 3 is 1.91 bits per heavy atom. The molecular weight excluding hydrogens is 771 g/mol. The molecule has 9 aromatic rings. The van der Waals surface area contributed by atoms with Gasteiger partial charge in [-0.15, -0.1) is 0 Å². The molecule has 0 aliphatic heterocycles. The molecule has 0 heterocycles. The van der Waals surface area contributed by atoms with Gasteiger partial charge in [0.25, 0.3) is 0 Å². The highest BCUT2D eigenvalue weighted by molar-refractivity contribution is 6.17. The van der Waals surface area contributed by atoms with E-state index in [1.54, 1.807) is 0 Å². The lowest BCUT2D eigenvalue weighted by Gasteiger charge is -2.33. The van der Waals surface area contributed by atoms with E-state index >= 15 is 0 Å². The van der Waals surface area contributed by atoms with E-state index in [-0.39, 0.29) is 10.8 Å². The number of benzene rings is 9. The third-order valence-electron chi connectivity index (χ3n) is 15.3. The van der Waals surface area contributed by atoms with E-state index in [9.17, 15) is 0 Å². The maximum absolute atomic E-state index is 2.53. The van der Waals surface area contributed by atoms with Gasteiger partial charge in [-0.25, -0.2) is 0 Å². The third-order valence-corrected chi connectivity index (χ3v) is 15.3. The second-order valence-corrected chi connectivity index (χ2v) is 19.5. The summed E-state index contributed by atoms with van der Waals surface area (Å²) >= 11 is 0. The first-order valence-corrected chi connectivity index (χ1v) is 23.1. The van der Waals surface area contributed by atoms with Gasteiger partial charge in [-0.1, -0.05) is 173 Å². The molecule has 0 unspecified atom stereocenters. The molecule has 0 fully saturated rings. The van der Waals surface area contributed by atoms with Crippen LogP contribution in [0.5, 0.6) is 0 Å². The van der Waals surface area contributed by atoms with Crippen molar-refractivity contribution in [1.29, 1.82) is 0 Å². The first kappa shape index (κ1) is 37.3. The molecule has 0 radical (unpaired) electrons. The lowest BCUT2D eigenvalue weighted by atomic mass is 9.80. The zero-order valence-corrected chi connectivity index (χ0v) is 37.0. The van der Waals surface area contributed by atoms with Crippen molar-refractivity contribution in [2.45, 2.75) is 57.8 Å². The van der Waals surface area contributed by atoms with Crippen LogP contribution in [0, 0.1) is 0 Å². The first-order chi connectivity index (χ1) is 31.3. The molecule has 0 amide bonds. The Morgan fingerprint density at radius 2 is 1.08 bits per heavy atom. The van der Waals surface area contributed by atoms with Crippen LogP contribution in [0.25, 0.3) is 71.6 Å². The predicted molar refractivity (Wildman–Crippen MR) is 271 cm³/mol. The van der Waals surface area contributed by atoms with Crippen LogP contribution in [0.15, 0.2) is 188 Å². The average molecular weight is 820 g/mol. The van der Waals surface area contributed by atoms with Gasteiger partial charge in [0, 0.05) is 22.2 Å². The van der Waals surface area contributed by atoms with Crippen molar-refractivity contribution in [2.75, 3.05) is 4.90 Å². The summed E-state index contributed by atoms with van der Waals surface area (Å²) in [5.41, 5.74) is 24.7. The fourth-order valence-corrected chi connectivity index (χ4v) is 12.2. The second kappa shape index (κ2) is 13.6. The highest BCUT2D eigenvalue weighted by Gasteiger charge is 2.40. The minimum absolute atomic E-state index is 0.168. The summed E-state index contributed by atoms with van der Waals surface area (Å²) in [6.07, 6.45) is 10.1. The number of anilines is 3. The largest absolute Gasteiger partial charge is 0.310 e. The Hall–Kier alpha value is -7.22. The fraction of sp³-hybridized carbons (Fsp3) is 0.143. The molecule has 0 atom stereocenters. The molecular formula is C63H49N. The molecule has 9 aromatic carbocycles. The zero-order chi connectivity index (χ0) is 42.9. The average Bonchev–Trinajstić information content (AvgIpc) is 3.62. The van der Waals surface area contributed by atoms with Gasteiger partial charge >= 0.3 is 0 Å². The van der Waals surface area contributed by atoms with Gasteiger partial charge in [-0.05, 0) is 172 Å². The molecule has 306 valence electrons. The lowest BCUT2D eigenvalue weighted by Crippen LogP contribution is -2.21. The van der Waals surface area contributed by atoms with Crippen LogP contribution in [-0.4, -0.2) is 0 Å². The van der Waals surface area contributed by atoms with Crippen molar-refractivity contribution in [2.24, 2.45) is 0 Å². The SMILES string of the molecule is CC1(C)c2cc(-c3cccc4c3c3cc5c(cccc54)-c4ccccc4C3)ccc2-c2ccc(N(c3ccc(C4=CCCC=C4)cc3)c3cccc4c3C(C)(C)c3ccccc3-4)cc21. The van der Waals surface area contributed by atoms with Crippen LogP contribution < -0.4 is 4.90 Å². The van der Waals surface area contributed by atoms with E-state index in [0.29, 0.717) is 0 Å². The van der Waals surface area contributed by atoms with Gasteiger partial charge in [0.1, 0.15) is 0 Å². The summed E-state index contributed by atoms with van der Waals surface area (Å²) in [6, 6.07) is 65.0. The summed E-state index contributed by atoms with van der Waals surface area (Å²) in [5, 5.41) is 5.39. The van der Waals surface area contributed by atoms with Crippen molar-refractivity contribution in [3.05, 3.63) is 227 Å². The van der Waals surface area contributed by atoms with Crippen LogP contribution in [-0.2, 0) is 17.3 Å². The monoisotopic (exact) mass is 819 g/mol. The van der Waals surface area contributed by atoms with Gasteiger partial charge in [-0.2, -0.15) is 0 Å². The van der Waals surface area contributed by atoms with Crippen LogP contribution in [0.1, 0.15) is 79.5 Å². The smallest absolute Gasteiger partial charge is 0.0508 e. The Labute approximate surface area is 376 Å². The zero-order valence-electron chi connectivity index (χ0n) is 37.0. The van der Waals surface area contributed by atoms with Crippen molar-refractivity contribution >= 4 is 44.2 Å². The van der Waals surface area contributed by atoms with E-state index in [1.807, 2.05) is 0 Å². The van der Waals surface area contributed by atoms with Crippen molar-refractivity contribution < 1.29 is 0 Å². The number of hydrogen-bond donors (Lipinski definition) is 0. The topological polar surface area (TPSA) is 3.24 Å². The minimum atomic E-state index is -0.225. The molecule has 64 heavy (non-hydrogen) atoms. The summed E-state index contributed by atoms with van der Waals surface area (Å²) in [6.45, 7) is 9.66. The summed E-state index contributed by atoms with van der Waals surface area (Å²) < 4.78 is 0. The summed E-state index contributed by atoms with van der Waals surface area (Å²) in [4.78, 5) is 2.53. The van der Waals surface area contributed by atoms with Crippen LogP contribution in [0.4, 0.5) is 17.1 Å². The van der Waals surface area contributed by atoms with E-state index in [2.05, 4.69) is 221 Å². The van der Waals surface area contributed by atoms with Gasteiger partial charge in [0.2, 0.25) is 0 Å². The van der Waals surface area contributed by atoms with Crippen LogP contribution in [0.2, 0.25) is 0 Å². The second-order valence-electron chi connectivity index (χ2n) is 19.5. The molecule has 0 saturated heterocycles. The maximum atomic E-state index is 2.53. The molecule has 4 aliphatic rings. The summed E-state index contributed by atoms with van der Waals surface area (Å²) in [5.74, 6) is 0. The Balaban J connectivity index is 0.950. The predicted octanol–water partition coefficient (Wildman–Crippen LogP) is 17.0. The third kappa shape index (κ3) is 5.31. The quantitative estimate of drug-likeness (QED) is 0.156. The van der Waals surface area contributed by atoms with Gasteiger partial charge in [-0.3, -0.25) is 0 Å². The van der Waals surface area contributed by atoms with E-state index < -0.39 is 0 Å². The van der Waals surface area contributed by atoms with Crippen molar-refractivity contribution in [3.63, 3.8) is 0 Å². The van der Waals surface area contributed by atoms with Crippen LogP contribution in [0.3, 0.4) is 0 Å². The summed E-state index contributed by atoms with van der Waals surface area (Å²) in [7, 11) is 0.